The van der Waals surface area contributed by atoms with Crippen LogP contribution in [0.1, 0.15) is 21.0 Å². The van der Waals surface area contributed by atoms with Gasteiger partial charge in [-0.1, -0.05) is 23.2 Å². The molecule has 30 heavy (non-hydrogen) atoms. The van der Waals surface area contributed by atoms with Crippen molar-refractivity contribution in [3.63, 3.8) is 0 Å². The molecule has 0 bridgehead atoms. The van der Waals surface area contributed by atoms with Gasteiger partial charge in [0.2, 0.25) is 0 Å². The van der Waals surface area contributed by atoms with E-state index in [0.717, 1.165) is 0 Å². The maximum atomic E-state index is 13.1. The van der Waals surface area contributed by atoms with Gasteiger partial charge in [-0.3, -0.25) is 0 Å². The Morgan fingerprint density at radius 3 is 2.07 bits per heavy atom. The number of methoxy groups -OCH3 is 2. The standard InChI is InChI=1S/2C10H7ClFNO2/c1-15-10(14)9-3-5-2-6(11)7(12)4-8(5)13-9;1-15-10(14)7-4-5-2-3-6(12)8(11)9(5)13-7/h2*2-4,13H,1H3. The van der Waals surface area contributed by atoms with E-state index in [0.29, 0.717) is 21.8 Å². The average molecular weight is 455 g/mol. The molecule has 2 aromatic carbocycles. The number of hydrogen-bond donors (Lipinski definition) is 2. The molecule has 0 aliphatic heterocycles. The molecule has 0 spiro atoms. The van der Waals surface area contributed by atoms with E-state index in [-0.39, 0.29) is 21.4 Å². The predicted molar refractivity (Wildman–Crippen MR) is 109 cm³/mol. The summed E-state index contributed by atoms with van der Waals surface area (Å²) < 4.78 is 35.2. The van der Waals surface area contributed by atoms with E-state index in [1.54, 1.807) is 18.2 Å². The van der Waals surface area contributed by atoms with Gasteiger partial charge in [0.1, 0.15) is 28.0 Å². The molecule has 0 saturated carbocycles. The van der Waals surface area contributed by atoms with Crippen molar-refractivity contribution in [2.24, 2.45) is 0 Å². The van der Waals surface area contributed by atoms with Crippen molar-refractivity contribution in [3.05, 3.63) is 69.5 Å². The lowest BCUT2D eigenvalue weighted by molar-refractivity contribution is 0.0586. The molecule has 0 fully saturated rings. The molecule has 156 valence electrons. The molecule has 4 rings (SSSR count). The lowest BCUT2D eigenvalue weighted by atomic mass is 10.2. The van der Waals surface area contributed by atoms with Gasteiger partial charge in [-0.25, -0.2) is 18.4 Å². The van der Waals surface area contributed by atoms with Crippen molar-refractivity contribution in [1.82, 2.24) is 9.97 Å². The van der Waals surface area contributed by atoms with E-state index in [9.17, 15) is 18.4 Å². The van der Waals surface area contributed by atoms with Crippen LogP contribution in [0.2, 0.25) is 10.0 Å². The Labute approximate surface area is 178 Å². The van der Waals surface area contributed by atoms with E-state index in [2.05, 4.69) is 19.4 Å². The summed E-state index contributed by atoms with van der Waals surface area (Å²) in [6.07, 6.45) is 0. The van der Waals surface area contributed by atoms with E-state index < -0.39 is 23.6 Å². The van der Waals surface area contributed by atoms with Crippen molar-refractivity contribution in [2.75, 3.05) is 14.2 Å². The molecular formula is C20H14Cl2F2N2O4. The van der Waals surface area contributed by atoms with Gasteiger partial charge in [0.15, 0.2) is 0 Å². The number of aromatic nitrogens is 2. The fourth-order valence-electron chi connectivity index (χ4n) is 2.71. The highest BCUT2D eigenvalue weighted by Gasteiger charge is 2.13. The van der Waals surface area contributed by atoms with E-state index in [1.807, 2.05) is 0 Å². The van der Waals surface area contributed by atoms with Gasteiger partial charge in [0, 0.05) is 16.3 Å². The number of hydrogen-bond acceptors (Lipinski definition) is 4. The van der Waals surface area contributed by atoms with Crippen molar-refractivity contribution in [1.29, 1.82) is 0 Å². The number of halogens is 4. The number of esters is 2. The summed E-state index contributed by atoms with van der Waals surface area (Å²) in [5.41, 5.74) is 1.43. The first-order chi connectivity index (χ1) is 14.2. The summed E-state index contributed by atoms with van der Waals surface area (Å²) in [4.78, 5) is 27.8. The molecule has 2 aromatic heterocycles. The Balaban J connectivity index is 0.000000171. The van der Waals surface area contributed by atoms with E-state index in [4.69, 9.17) is 23.2 Å². The Bertz CT molecular complexity index is 1230. The van der Waals surface area contributed by atoms with Crippen LogP contribution >= 0.6 is 23.2 Å². The van der Waals surface area contributed by atoms with Crippen LogP contribution in [0.3, 0.4) is 0 Å². The number of aromatic amines is 2. The van der Waals surface area contributed by atoms with Crippen LogP contribution in [0.25, 0.3) is 21.8 Å². The highest BCUT2D eigenvalue weighted by molar-refractivity contribution is 6.35. The van der Waals surface area contributed by atoms with Gasteiger partial charge in [-0.05, 0) is 36.4 Å². The maximum Gasteiger partial charge on any atom is 0.354 e. The molecule has 0 saturated heterocycles. The Kier molecular flexibility index (Phi) is 6.28. The first kappa shape index (κ1) is 21.6. The smallest absolute Gasteiger partial charge is 0.354 e. The van der Waals surface area contributed by atoms with E-state index >= 15 is 0 Å². The second kappa shape index (κ2) is 8.73. The zero-order valence-corrected chi connectivity index (χ0v) is 17.1. The van der Waals surface area contributed by atoms with Crippen LogP contribution in [0.4, 0.5) is 8.78 Å². The minimum Gasteiger partial charge on any atom is -0.464 e. The third-order valence-electron chi connectivity index (χ3n) is 4.16. The molecule has 2 N–H and O–H groups in total. The van der Waals surface area contributed by atoms with Crippen LogP contribution < -0.4 is 0 Å². The number of fused-ring (bicyclic) bond motifs is 2. The normalized spacial score (nSPS) is 10.6. The summed E-state index contributed by atoms with van der Waals surface area (Å²) in [7, 11) is 2.55. The summed E-state index contributed by atoms with van der Waals surface area (Å²) >= 11 is 11.3. The van der Waals surface area contributed by atoms with Crippen LogP contribution in [0.15, 0.2) is 36.4 Å². The summed E-state index contributed by atoms with van der Waals surface area (Å²) in [6, 6.07) is 8.61. The SMILES string of the molecule is COC(=O)c1cc2cc(Cl)c(F)cc2[nH]1.COC(=O)c1cc2ccc(F)c(Cl)c2[nH]1. The highest BCUT2D eigenvalue weighted by atomic mass is 35.5. The van der Waals surface area contributed by atoms with Crippen molar-refractivity contribution in [2.45, 2.75) is 0 Å². The van der Waals surface area contributed by atoms with Gasteiger partial charge in [0.25, 0.3) is 0 Å². The molecule has 0 aliphatic rings. The second-order valence-electron chi connectivity index (χ2n) is 6.03. The minimum absolute atomic E-state index is 0.0253. The Hall–Kier alpha value is -3.10. The number of benzene rings is 2. The monoisotopic (exact) mass is 454 g/mol. The average Bonchev–Trinajstić information content (AvgIpc) is 3.35. The lowest BCUT2D eigenvalue weighted by Crippen LogP contribution is -2.00. The number of carbonyl (C=O) groups excluding carboxylic acids is 2. The highest BCUT2D eigenvalue weighted by Crippen LogP contribution is 2.26. The summed E-state index contributed by atoms with van der Waals surface area (Å²) in [5, 5.41) is 1.34. The molecule has 0 unspecified atom stereocenters. The predicted octanol–water partition coefficient (Wildman–Crippen LogP) is 5.49. The Morgan fingerprint density at radius 2 is 1.43 bits per heavy atom. The van der Waals surface area contributed by atoms with Crippen LogP contribution in [0.5, 0.6) is 0 Å². The van der Waals surface area contributed by atoms with Crippen molar-refractivity contribution in [3.8, 4) is 0 Å². The first-order valence-corrected chi connectivity index (χ1v) is 9.11. The minimum atomic E-state index is -0.526. The topological polar surface area (TPSA) is 84.2 Å². The fourth-order valence-corrected chi connectivity index (χ4v) is 3.10. The van der Waals surface area contributed by atoms with Crippen LogP contribution in [0, 0.1) is 11.6 Å². The molecule has 2 heterocycles. The zero-order valence-electron chi connectivity index (χ0n) is 15.6. The number of rotatable bonds is 2. The van der Waals surface area contributed by atoms with Gasteiger partial charge in [-0.2, -0.15) is 0 Å². The molecule has 0 atom stereocenters. The molecule has 0 radical (unpaired) electrons. The van der Waals surface area contributed by atoms with Crippen LogP contribution in [-0.4, -0.2) is 36.1 Å². The molecule has 10 heteroatoms. The van der Waals surface area contributed by atoms with Gasteiger partial charge in [-0.15, -0.1) is 0 Å². The molecule has 0 aliphatic carbocycles. The number of carbonyl (C=O) groups is 2. The number of ether oxygens (including phenoxy) is 2. The maximum absolute atomic E-state index is 13.1. The molecule has 4 aromatic rings. The van der Waals surface area contributed by atoms with Crippen LogP contribution in [-0.2, 0) is 9.47 Å². The fraction of sp³-hybridized carbons (Fsp3) is 0.100. The molecule has 0 amide bonds. The van der Waals surface area contributed by atoms with E-state index in [1.165, 1.54) is 32.4 Å². The summed E-state index contributed by atoms with van der Waals surface area (Å²) in [5.74, 6) is -2.06. The van der Waals surface area contributed by atoms with Gasteiger partial charge in [0.05, 0.1) is 24.8 Å². The number of nitrogens with one attached hydrogen (secondary N) is 2. The largest absolute Gasteiger partial charge is 0.464 e. The van der Waals surface area contributed by atoms with Gasteiger partial charge >= 0.3 is 11.9 Å². The summed E-state index contributed by atoms with van der Waals surface area (Å²) in [6.45, 7) is 0. The number of H-pyrrole nitrogens is 2. The zero-order chi connectivity index (χ0) is 22.0. The molecular weight excluding hydrogens is 441 g/mol. The first-order valence-electron chi connectivity index (χ1n) is 8.36. The van der Waals surface area contributed by atoms with Crippen molar-refractivity contribution < 1.29 is 27.8 Å². The third kappa shape index (κ3) is 4.24. The third-order valence-corrected chi connectivity index (χ3v) is 4.82. The quantitative estimate of drug-likeness (QED) is 0.392. The second-order valence-corrected chi connectivity index (χ2v) is 6.81. The lowest BCUT2D eigenvalue weighted by Gasteiger charge is -1.95. The molecule has 6 nitrogen and oxygen atoms in total. The van der Waals surface area contributed by atoms with Crippen molar-refractivity contribution >= 4 is 56.9 Å². The Morgan fingerprint density at radius 1 is 0.833 bits per heavy atom. The van der Waals surface area contributed by atoms with Gasteiger partial charge < -0.3 is 19.4 Å².